The lowest BCUT2D eigenvalue weighted by molar-refractivity contribution is -0.119. The maximum Gasteiger partial charge on any atom is 0.264 e. The molecule has 0 bridgehead atoms. The first kappa shape index (κ1) is 23.7. The molecule has 34 heavy (non-hydrogen) atoms. The Bertz CT molecular complexity index is 1250. The molecule has 0 unspecified atom stereocenters. The van der Waals surface area contributed by atoms with Gasteiger partial charge in [-0.1, -0.05) is 41.9 Å². The maximum atomic E-state index is 13.4. The van der Waals surface area contributed by atoms with E-state index in [0.29, 0.717) is 35.5 Å². The van der Waals surface area contributed by atoms with E-state index in [-0.39, 0.29) is 23.7 Å². The molecule has 0 aromatic heterocycles. The van der Waals surface area contributed by atoms with Crippen LogP contribution in [0.4, 0.5) is 5.69 Å². The molecule has 0 saturated carbocycles. The van der Waals surface area contributed by atoms with E-state index < -0.39 is 22.5 Å². The van der Waals surface area contributed by atoms with Gasteiger partial charge in [0.05, 0.1) is 22.2 Å². The second-order valence-electron chi connectivity index (χ2n) is 7.28. The number of hydrogen-bond acceptors (Lipinski definition) is 6. The highest BCUT2D eigenvalue weighted by Crippen LogP contribution is 2.35. The van der Waals surface area contributed by atoms with Gasteiger partial charge in [-0.3, -0.25) is 9.10 Å². The van der Waals surface area contributed by atoms with Gasteiger partial charge in [-0.2, -0.15) is 0 Å². The first-order valence-corrected chi connectivity index (χ1v) is 12.4. The number of anilines is 1. The number of ether oxygens (including phenoxy) is 3. The second kappa shape index (κ2) is 10.7. The Morgan fingerprint density at radius 2 is 1.68 bits per heavy atom. The monoisotopic (exact) mass is 502 g/mol. The molecule has 0 aliphatic carbocycles. The number of nitrogens with zero attached hydrogens (tertiary/aromatic N) is 1. The van der Waals surface area contributed by atoms with Crippen LogP contribution in [-0.2, 0) is 14.8 Å². The molecule has 1 amide bonds. The summed E-state index contributed by atoms with van der Waals surface area (Å²) in [5.41, 5.74) is 0.288. The van der Waals surface area contributed by atoms with Crippen molar-refractivity contribution >= 4 is 33.2 Å². The number of carbonyl (C=O) groups excluding carboxylic acids is 1. The van der Waals surface area contributed by atoms with Crippen LogP contribution in [0.25, 0.3) is 0 Å². The van der Waals surface area contributed by atoms with Crippen molar-refractivity contribution in [3.05, 3.63) is 77.8 Å². The fourth-order valence-corrected chi connectivity index (χ4v) is 4.95. The van der Waals surface area contributed by atoms with Crippen LogP contribution in [0.15, 0.2) is 77.7 Å². The standard InChI is InChI=1S/C24H23ClN2O6S/c25-20-8-4-5-9-21(20)31-13-12-26-24(28)17-27(34(29,30)19-6-2-1-3-7-19)18-10-11-22-23(16-18)33-15-14-32-22/h1-11,16H,12-15,17H2,(H,26,28). The number of para-hydroxylation sites is 1. The Hall–Kier alpha value is -3.43. The quantitative estimate of drug-likeness (QED) is 0.450. The molecule has 0 radical (unpaired) electrons. The lowest BCUT2D eigenvalue weighted by Gasteiger charge is -2.26. The van der Waals surface area contributed by atoms with Crippen LogP contribution in [0.1, 0.15) is 0 Å². The fourth-order valence-electron chi connectivity index (χ4n) is 3.32. The minimum absolute atomic E-state index is 0.0692. The van der Waals surface area contributed by atoms with E-state index in [0.717, 1.165) is 4.31 Å². The summed E-state index contributed by atoms with van der Waals surface area (Å²) in [6.45, 7) is 0.684. The van der Waals surface area contributed by atoms with Gasteiger partial charge in [0.2, 0.25) is 5.91 Å². The van der Waals surface area contributed by atoms with E-state index >= 15 is 0 Å². The largest absolute Gasteiger partial charge is 0.490 e. The summed E-state index contributed by atoms with van der Waals surface area (Å²) in [5, 5.41) is 3.15. The van der Waals surface area contributed by atoms with Crippen molar-refractivity contribution in [3.63, 3.8) is 0 Å². The number of sulfonamides is 1. The Kier molecular flexibility index (Phi) is 7.44. The predicted octanol–water partition coefficient (Wildman–Crippen LogP) is 3.50. The number of halogens is 1. The summed E-state index contributed by atoms with van der Waals surface area (Å²) in [4.78, 5) is 12.8. The molecule has 4 rings (SSSR count). The maximum absolute atomic E-state index is 13.4. The Morgan fingerprint density at radius 1 is 0.971 bits per heavy atom. The summed E-state index contributed by atoms with van der Waals surface area (Å²) in [5.74, 6) is 0.957. The van der Waals surface area contributed by atoms with Crippen molar-refractivity contribution in [1.82, 2.24) is 5.32 Å². The first-order valence-electron chi connectivity index (χ1n) is 10.6. The SMILES string of the molecule is O=C(CN(c1ccc2c(c1)OCCO2)S(=O)(=O)c1ccccc1)NCCOc1ccccc1Cl. The Balaban J connectivity index is 1.49. The van der Waals surface area contributed by atoms with Gasteiger partial charge < -0.3 is 19.5 Å². The van der Waals surface area contributed by atoms with Crippen LogP contribution < -0.4 is 23.8 Å². The lowest BCUT2D eigenvalue weighted by Crippen LogP contribution is -2.42. The minimum atomic E-state index is -4.03. The molecule has 0 spiro atoms. The summed E-state index contributed by atoms with van der Waals surface area (Å²) in [6.07, 6.45) is 0. The van der Waals surface area contributed by atoms with Crippen molar-refractivity contribution in [2.45, 2.75) is 4.90 Å². The second-order valence-corrected chi connectivity index (χ2v) is 9.55. The van der Waals surface area contributed by atoms with E-state index in [9.17, 15) is 13.2 Å². The number of benzene rings is 3. The zero-order valence-corrected chi connectivity index (χ0v) is 19.7. The molecule has 0 fully saturated rings. The van der Waals surface area contributed by atoms with Gasteiger partial charge in [0.25, 0.3) is 10.0 Å². The number of carbonyl (C=O) groups is 1. The molecule has 0 saturated heterocycles. The highest BCUT2D eigenvalue weighted by atomic mass is 35.5. The molecule has 0 atom stereocenters. The number of rotatable bonds is 9. The molecule has 1 aliphatic heterocycles. The summed E-state index contributed by atoms with van der Waals surface area (Å²) in [7, 11) is -4.03. The average Bonchev–Trinajstić information content (AvgIpc) is 2.86. The van der Waals surface area contributed by atoms with Gasteiger partial charge in [-0.25, -0.2) is 8.42 Å². The van der Waals surface area contributed by atoms with Crippen molar-refractivity contribution in [1.29, 1.82) is 0 Å². The molecule has 8 nitrogen and oxygen atoms in total. The van der Waals surface area contributed by atoms with Crippen LogP contribution >= 0.6 is 11.6 Å². The topological polar surface area (TPSA) is 94.2 Å². The molecule has 3 aromatic carbocycles. The molecule has 3 aromatic rings. The van der Waals surface area contributed by atoms with Crippen LogP contribution in [0.5, 0.6) is 17.2 Å². The van der Waals surface area contributed by atoms with Crippen LogP contribution in [-0.4, -0.2) is 47.2 Å². The van der Waals surface area contributed by atoms with Crippen molar-refractivity contribution in [3.8, 4) is 17.2 Å². The van der Waals surface area contributed by atoms with Gasteiger partial charge in [0.1, 0.15) is 32.1 Å². The number of fused-ring (bicyclic) bond motifs is 1. The molecule has 178 valence electrons. The van der Waals surface area contributed by atoms with Gasteiger partial charge in [-0.15, -0.1) is 0 Å². The number of nitrogens with one attached hydrogen (secondary N) is 1. The smallest absolute Gasteiger partial charge is 0.264 e. The highest BCUT2D eigenvalue weighted by Gasteiger charge is 2.28. The minimum Gasteiger partial charge on any atom is -0.490 e. The number of amides is 1. The third kappa shape index (κ3) is 5.55. The molecular formula is C24H23ClN2O6S. The van der Waals surface area contributed by atoms with Gasteiger partial charge >= 0.3 is 0 Å². The molecule has 1 N–H and O–H groups in total. The average molecular weight is 503 g/mol. The van der Waals surface area contributed by atoms with E-state index in [1.807, 2.05) is 0 Å². The first-order chi connectivity index (χ1) is 16.4. The third-order valence-electron chi connectivity index (χ3n) is 4.95. The van der Waals surface area contributed by atoms with E-state index in [1.54, 1.807) is 60.7 Å². The Morgan fingerprint density at radius 3 is 2.44 bits per heavy atom. The zero-order chi connectivity index (χ0) is 24.0. The zero-order valence-electron chi connectivity index (χ0n) is 18.1. The fraction of sp³-hybridized carbons (Fsp3) is 0.208. The van der Waals surface area contributed by atoms with Gasteiger partial charge in [0.15, 0.2) is 11.5 Å². The Labute approximate surface area is 203 Å². The van der Waals surface area contributed by atoms with E-state index in [1.165, 1.54) is 12.1 Å². The van der Waals surface area contributed by atoms with Crippen molar-refractivity contribution in [2.24, 2.45) is 0 Å². The van der Waals surface area contributed by atoms with Crippen LogP contribution in [0.3, 0.4) is 0 Å². The van der Waals surface area contributed by atoms with Crippen molar-refractivity contribution in [2.75, 3.05) is 37.2 Å². The van der Waals surface area contributed by atoms with Crippen molar-refractivity contribution < 1.29 is 27.4 Å². The van der Waals surface area contributed by atoms with E-state index in [4.69, 9.17) is 25.8 Å². The van der Waals surface area contributed by atoms with Crippen LogP contribution in [0, 0.1) is 0 Å². The summed E-state index contributed by atoms with van der Waals surface area (Å²) in [6, 6.07) is 19.7. The predicted molar refractivity (Wildman–Crippen MR) is 128 cm³/mol. The summed E-state index contributed by atoms with van der Waals surface area (Å²) >= 11 is 6.06. The van der Waals surface area contributed by atoms with Gasteiger partial charge in [-0.05, 0) is 36.4 Å². The lowest BCUT2D eigenvalue weighted by atomic mass is 10.2. The molecular weight excluding hydrogens is 480 g/mol. The molecule has 1 heterocycles. The molecule has 1 aliphatic rings. The number of hydrogen-bond donors (Lipinski definition) is 1. The molecule has 10 heteroatoms. The normalized spacial score (nSPS) is 12.6. The third-order valence-corrected chi connectivity index (χ3v) is 7.05. The summed E-state index contributed by atoms with van der Waals surface area (Å²) < 4.78 is 44.6. The highest BCUT2D eigenvalue weighted by molar-refractivity contribution is 7.92. The van der Waals surface area contributed by atoms with Crippen LogP contribution in [0.2, 0.25) is 5.02 Å². The van der Waals surface area contributed by atoms with E-state index in [2.05, 4.69) is 5.32 Å². The van der Waals surface area contributed by atoms with Gasteiger partial charge in [0, 0.05) is 6.07 Å².